The zero-order valence-corrected chi connectivity index (χ0v) is 12.8. The van der Waals surface area contributed by atoms with Crippen LogP contribution in [0.5, 0.6) is 0 Å². The van der Waals surface area contributed by atoms with Crippen LogP contribution in [0.15, 0.2) is 30.5 Å². The number of benzene rings is 1. The molecule has 1 aliphatic rings. The van der Waals surface area contributed by atoms with Crippen LogP contribution in [0.1, 0.15) is 23.5 Å². The highest BCUT2D eigenvalue weighted by molar-refractivity contribution is 5.19. The second-order valence-corrected chi connectivity index (χ2v) is 6.23. The topological polar surface area (TPSA) is 52.1 Å². The van der Waals surface area contributed by atoms with E-state index < -0.39 is 17.5 Å². The Morgan fingerprint density at radius 2 is 1.96 bits per heavy atom. The smallest absolute Gasteiger partial charge is 0.388 e. The predicted octanol–water partition coefficient (Wildman–Crippen LogP) is 2.75. The molecule has 2 N–H and O–H groups in total. The lowest BCUT2D eigenvalue weighted by molar-refractivity contribution is -0.141. The van der Waals surface area contributed by atoms with Crippen LogP contribution in [0.25, 0.3) is 0 Å². The fraction of sp³-hybridized carbons (Fsp3) is 0.438. The van der Waals surface area contributed by atoms with Gasteiger partial charge in [-0.1, -0.05) is 12.1 Å². The van der Waals surface area contributed by atoms with Gasteiger partial charge in [-0.25, -0.2) is 9.37 Å². The molecule has 0 radical (unpaired) electrons. The van der Waals surface area contributed by atoms with Gasteiger partial charge in [0, 0.05) is 19.5 Å². The van der Waals surface area contributed by atoms with Crippen LogP contribution in [0.3, 0.4) is 0 Å². The van der Waals surface area contributed by atoms with E-state index in [2.05, 4.69) is 9.97 Å². The van der Waals surface area contributed by atoms with E-state index in [1.54, 1.807) is 12.1 Å². The Balaban J connectivity index is 1.60. The van der Waals surface area contributed by atoms with Crippen molar-refractivity contribution in [1.82, 2.24) is 14.9 Å². The summed E-state index contributed by atoms with van der Waals surface area (Å²) in [5.74, 6) is -0.120. The lowest BCUT2D eigenvalue weighted by Crippen LogP contribution is -2.35. The summed E-state index contributed by atoms with van der Waals surface area (Å²) >= 11 is 0. The molecule has 0 amide bonds. The fourth-order valence-electron chi connectivity index (χ4n) is 3.00. The molecule has 2 heterocycles. The summed E-state index contributed by atoms with van der Waals surface area (Å²) in [5, 5.41) is 10.7. The fourth-order valence-corrected chi connectivity index (χ4v) is 3.00. The Kier molecular flexibility index (Phi) is 4.35. The molecule has 130 valence electrons. The van der Waals surface area contributed by atoms with Gasteiger partial charge in [-0.15, -0.1) is 0 Å². The summed E-state index contributed by atoms with van der Waals surface area (Å²) in [7, 11) is 0. The molecule has 4 nitrogen and oxygen atoms in total. The molecule has 0 spiro atoms. The summed E-state index contributed by atoms with van der Waals surface area (Å²) in [6, 6.07) is 5.93. The highest BCUT2D eigenvalue weighted by Crippen LogP contribution is 2.29. The standard InChI is InChI=1S/C16H17F4N3O/c17-12-3-1-11(2-4-12)7-15(24)5-6-23(10-15)9-14-21-8-13(22-14)16(18,19)20/h1-4,8,24H,5-7,9-10H2,(H,21,22). The van der Waals surface area contributed by atoms with Crippen molar-refractivity contribution in [2.24, 2.45) is 0 Å². The number of halogens is 4. The number of hydrogen-bond donors (Lipinski definition) is 2. The molecule has 8 heteroatoms. The van der Waals surface area contributed by atoms with Crippen LogP contribution in [0, 0.1) is 5.82 Å². The number of β-amino-alcohol motifs (C(OH)–C–C–N with tert-alkyl or cyclic N) is 1. The van der Waals surface area contributed by atoms with Crippen LogP contribution in [0.4, 0.5) is 17.6 Å². The average molecular weight is 343 g/mol. The van der Waals surface area contributed by atoms with Gasteiger partial charge in [0.15, 0.2) is 0 Å². The van der Waals surface area contributed by atoms with E-state index in [-0.39, 0.29) is 18.2 Å². The van der Waals surface area contributed by atoms with Crippen molar-refractivity contribution in [2.75, 3.05) is 13.1 Å². The van der Waals surface area contributed by atoms with Crippen molar-refractivity contribution in [2.45, 2.75) is 31.2 Å². The number of likely N-dealkylation sites (tertiary alicyclic amines) is 1. The number of hydrogen-bond acceptors (Lipinski definition) is 3. The van der Waals surface area contributed by atoms with Crippen LogP contribution in [0.2, 0.25) is 0 Å². The molecule has 0 saturated carbocycles. The molecule has 0 bridgehead atoms. The highest BCUT2D eigenvalue weighted by atomic mass is 19.4. The third-order valence-electron chi connectivity index (χ3n) is 4.16. The number of rotatable bonds is 4. The SMILES string of the molecule is OC1(Cc2ccc(F)cc2)CCN(Cc2ncc(C(F)(F)F)[nH]2)C1. The van der Waals surface area contributed by atoms with E-state index in [9.17, 15) is 22.7 Å². The number of aliphatic hydroxyl groups is 1. The van der Waals surface area contributed by atoms with Crippen molar-refractivity contribution < 1.29 is 22.7 Å². The maximum absolute atomic E-state index is 12.9. The number of nitrogens with zero attached hydrogens (tertiary/aromatic N) is 2. The molecule has 1 atom stereocenters. The third kappa shape index (κ3) is 3.93. The number of imidazole rings is 1. The molecule has 1 fully saturated rings. The molecule has 2 aromatic rings. The minimum atomic E-state index is -4.44. The first-order chi connectivity index (χ1) is 11.2. The second-order valence-electron chi connectivity index (χ2n) is 6.23. The zero-order chi connectivity index (χ0) is 17.4. The van der Waals surface area contributed by atoms with E-state index in [4.69, 9.17) is 0 Å². The lowest BCUT2D eigenvalue weighted by Gasteiger charge is -2.23. The van der Waals surface area contributed by atoms with E-state index in [1.165, 1.54) is 12.1 Å². The number of H-pyrrole nitrogens is 1. The number of aromatic amines is 1. The zero-order valence-electron chi connectivity index (χ0n) is 12.8. The van der Waals surface area contributed by atoms with E-state index in [0.717, 1.165) is 11.8 Å². The molecule has 1 unspecified atom stereocenters. The number of nitrogens with one attached hydrogen (secondary N) is 1. The predicted molar refractivity (Wildman–Crippen MR) is 78.5 cm³/mol. The number of aromatic nitrogens is 2. The Labute approximate surface area is 136 Å². The van der Waals surface area contributed by atoms with Gasteiger partial charge in [-0.05, 0) is 24.1 Å². The van der Waals surface area contributed by atoms with Gasteiger partial charge in [-0.2, -0.15) is 13.2 Å². The average Bonchev–Trinajstić information content (AvgIpc) is 3.09. The molecule has 1 aromatic heterocycles. The molecule has 1 aromatic carbocycles. The summed E-state index contributed by atoms with van der Waals surface area (Å²) in [4.78, 5) is 7.86. The van der Waals surface area contributed by atoms with Crippen molar-refractivity contribution >= 4 is 0 Å². The molecule has 0 aliphatic carbocycles. The Morgan fingerprint density at radius 1 is 1.25 bits per heavy atom. The summed E-state index contributed by atoms with van der Waals surface area (Å²) in [5.41, 5.74) is -1.03. The first-order valence-corrected chi connectivity index (χ1v) is 7.54. The van der Waals surface area contributed by atoms with Crippen molar-refractivity contribution in [3.8, 4) is 0 Å². The van der Waals surface area contributed by atoms with Gasteiger partial charge in [0.2, 0.25) is 0 Å². The monoisotopic (exact) mass is 343 g/mol. The van der Waals surface area contributed by atoms with E-state index >= 15 is 0 Å². The summed E-state index contributed by atoms with van der Waals surface area (Å²) < 4.78 is 50.6. The highest BCUT2D eigenvalue weighted by Gasteiger charge is 2.37. The normalized spacial score (nSPS) is 22.2. The van der Waals surface area contributed by atoms with E-state index in [0.29, 0.717) is 25.9 Å². The molecule has 24 heavy (non-hydrogen) atoms. The molecule has 1 aliphatic heterocycles. The van der Waals surface area contributed by atoms with Gasteiger partial charge in [0.25, 0.3) is 0 Å². The minimum absolute atomic E-state index is 0.210. The Hall–Kier alpha value is -1.93. The largest absolute Gasteiger partial charge is 0.432 e. The van der Waals surface area contributed by atoms with Crippen LogP contribution >= 0.6 is 0 Å². The van der Waals surface area contributed by atoms with Gasteiger partial charge >= 0.3 is 6.18 Å². The van der Waals surface area contributed by atoms with Gasteiger partial charge in [0.05, 0.1) is 18.3 Å². The molecular weight excluding hydrogens is 326 g/mol. The van der Waals surface area contributed by atoms with Crippen molar-refractivity contribution in [3.63, 3.8) is 0 Å². The third-order valence-corrected chi connectivity index (χ3v) is 4.16. The van der Waals surface area contributed by atoms with Crippen LogP contribution < -0.4 is 0 Å². The van der Waals surface area contributed by atoms with Crippen molar-refractivity contribution in [1.29, 1.82) is 0 Å². The van der Waals surface area contributed by atoms with Crippen LogP contribution in [-0.2, 0) is 19.1 Å². The Bertz CT molecular complexity index is 698. The molecular formula is C16H17F4N3O. The van der Waals surface area contributed by atoms with Crippen LogP contribution in [-0.4, -0.2) is 38.7 Å². The van der Waals surface area contributed by atoms with Gasteiger partial charge in [-0.3, -0.25) is 4.90 Å². The van der Waals surface area contributed by atoms with Gasteiger partial charge in [0.1, 0.15) is 17.3 Å². The first-order valence-electron chi connectivity index (χ1n) is 7.54. The molecule has 1 saturated heterocycles. The second kappa shape index (κ2) is 6.18. The van der Waals surface area contributed by atoms with Crippen molar-refractivity contribution in [3.05, 3.63) is 53.4 Å². The minimum Gasteiger partial charge on any atom is -0.388 e. The summed E-state index contributed by atoms with van der Waals surface area (Å²) in [6.07, 6.45) is -2.80. The quantitative estimate of drug-likeness (QED) is 0.840. The van der Waals surface area contributed by atoms with Gasteiger partial charge < -0.3 is 10.1 Å². The van der Waals surface area contributed by atoms with E-state index in [1.807, 2.05) is 4.90 Å². The number of alkyl halides is 3. The maximum atomic E-state index is 12.9. The summed E-state index contributed by atoms with van der Waals surface area (Å²) in [6.45, 7) is 1.09. The lowest BCUT2D eigenvalue weighted by atomic mass is 9.94. The first kappa shape index (κ1) is 16.9. The maximum Gasteiger partial charge on any atom is 0.432 e. The Morgan fingerprint density at radius 3 is 2.58 bits per heavy atom. The molecule has 3 rings (SSSR count).